The Kier molecular flexibility index (Phi) is 5.43. The maximum Gasteiger partial charge on any atom is 0.293 e. The number of aromatic amines is 1. The summed E-state index contributed by atoms with van der Waals surface area (Å²) < 4.78 is 27.3. The molecule has 0 radical (unpaired) electrons. The summed E-state index contributed by atoms with van der Waals surface area (Å²) >= 11 is 0. The van der Waals surface area contributed by atoms with E-state index in [0.717, 1.165) is 6.26 Å². The molecule has 23 heavy (non-hydrogen) atoms. The van der Waals surface area contributed by atoms with Crippen LogP contribution < -0.4 is 0 Å². The number of hydrogen-bond acceptors (Lipinski definition) is 7. The number of hydrogen-bond donors (Lipinski definition) is 1. The van der Waals surface area contributed by atoms with Gasteiger partial charge in [0.2, 0.25) is 0 Å². The zero-order valence-corrected chi connectivity index (χ0v) is 13.9. The first-order valence-electron chi connectivity index (χ1n) is 6.39. The van der Waals surface area contributed by atoms with Crippen LogP contribution in [0.15, 0.2) is 23.2 Å². The number of ether oxygens (including phenoxy) is 1. The number of fused-ring (bicyclic) bond motifs is 1. The lowest BCUT2D eigenvalue weighted by molar-refractivity contribution is -0.387. The molecule has 2 aromatic rings. The predicted octanol–water partition coefficient (Wildman–Crippen LogP) is 1.83. The van der Waals surface area contributed by atoms with Crippen LogP contribution >= 0.6 is 0 Å². The standard InChI is InChI=1S/C8H7N3O4S.C5H10O2/c1-16(14,15)8-3-6-5(4-9-10-6)2-7(8)11(12)13;1-5(2,3)7-4-6/h2-4H,1H3,(H,9,10);4H,1-3H3. The van der Waals surface area contributed by atoms with Gasteiger partial charge in [0, 0.05) is 17.7 Å². The molecule has 1 N–H and O–H groups in total. The first-order chi connectivity index (χ1) is 10.5. The number of carbonyl (C=O) groups excluding carboxylic acids is 1. The van der Waals surface area contributed by atoms with Crippen molar-refractivity contribution in [1.82, 2.24) is 10.2 Å². The highest BCUT2D eigenvalue weighted by Gasteiger charge is 2.23. The van der Waals surface area contributed by atoms with Gasteiger partial charge < -0.3 is 4.74 Å². The van der Waals surface area contributed by atoms with E-state index >= 15 is 0 Å². The highest BCUT2D eigenvalue weighted by atomic mass is 32.2. The van der Waals surface area contributed by atoms with Crippen LogP contribution in [0, 0.1) is 10.1 Å². The number of nitrogens with zero attached hydrogens (tertiary/aromatic N) is 2. The largest absolute Gasteiger partial charge is 0.462 e. The van der Waals surface area contributed by atoms with E-state index in [1.165, 1.54) is 18.3 Å². The molecular weight excluding hydrogens is 326 g/mol. The molecule has 9 nitrogen and oxygen atoms in total. The van der Waals surface area contributed by atoms with Gasteiger partial charge in [0.25, 0.3) is 12.2 Å². The SMILES string of the molecule is CC(C)(C)OC=O.CS(=O)(=O)c1cc2[nH]ncc2cc1[N+](=O)[O-]. The smallest absolute Gasteiger partial charge is 0.293 e. The summed E-state index contributed by atoms with van der Waals surface area (Å²) in [5.74, 6) is 0. The Morgan fingerprint density at radius 1 is 1.35 bits per heavy atom. The van der Waals surface area contributed by atoms with Crippen LogP contribution in [0.4, 0.5) is 5.69 Å². The van der Waals surface area contributed by atoms with Crippen LogP contribution in [-0.4, -0.2) is 41.9 Å². The van der Waals surface area contributed by atoms with E-state index in [4.69, 9.17) is 0 Å². The van der Waals surface area contributed by atoms with Crippen molar-refractivity contribution in [2.75, 3.05) is 6.26 Å². The molecule has 1 aromatic carbocycles. The number of H-pyrrole nitrogens is 1. The number of nitro groups is 1. The normalized spacial score (nSPS) is 11.5. The van der Waals surface area contributed by atoms with Crippen molar-refractivity contribution in [1.29, 1.82) is 0 Å². The fourth-order valence-electron chi connectivity index (χ4n) is 1.54. The van der Waals surface area contributed by atoms with Crippen LogP contribution in [0.2, 0.25) is 0 Å². The summed E-state index contributed by atoms with van der Waals surface area (Å²) in [7, 11) is -3.64. The van der Waals surface area contributed by atoms with Gasteiger partial charge in [-0.3, -0.25) is 20.0 Å². The van der Waals surface area contributed by atoms with Crippen molar-refractivity contribution < 1.29 is 22.9 Å². The first-order valence-corrected chi connectivity index (χ1v) is 8.28. The lowest BCUT2D eigenvalue weighted by atomic mass is 10.2. The monoisotopic (exact) mass is 343 g/mol. The molecule has 0 spiro atoms. The minimum Gasteiger partial charge on any atom is -0.462 e. The second-order valence-corrected chi connectivity index (χ2v) is 7.62. The van der Waals surface area contributed by atoms with Gasteiger partial charge in [-0.2, -0.15) is 5.10 Å². The van der Waals surface area contributed by atoms with Crippen molar-refractivity contribution in [2.24, 2.45) is 0 Å². The minimum atomic E-state index is -3.64. The Bertz CT molecular complexity index is 820. The predicted molar refractivity (Wildman–Crippen MR) is 82.8 cm³/mol. The topological polar surface area (TPSA) is 132 Å². The number of benzene rings is 1. The molecule has 0 aliphatic heterocycles. The molecule has 126 valence electrons. The Balaban J connectivity index is 0.000000322. The van der Waals surface area contributed by atoms with Gasteiger partial charge >= 0.3 is 0 Å². The fourth-order valence-corrected chi connectivity index (χ4v) is 2.39. The molecule has 10 heteroatoms. The van der Waals surface area contributed by atoms with Crippen LogP contribution in [-0.2, 0) is 19.4 Å². The lowest BCUT2D eigenvalue weighted by Gasteiger charge is -2.14. The van der Waals surface area contributed by atoms with Gasteiger partial charge in [0.1, 0.15) is 10.5 Å². The van der Waals surface area contributed by atoms with Crippen molar-refractivity contribution in [3.63, 3.8) is 0 Å². The van der Waals surface area contributed by atoms with Gasteiger partial charge in [-0.05, 0) is 26.8 Å². The maximum atomic E-state index is 11.4. The van der Waals surface area contributed by atoms with E-state index in [0.29, 0.717) is 17.4 Å². The Morgan fingerprint density at radius 2 is 1.96 bits per heavy atom. The Hall–Kier alpha value is -2.49. The van der Waals surface area contributed by atoms with Crippen molar-refractivity contribution >= 4 is 32.9 Å². The molecule has 0 fully saturated rings. The molecule has 0 aliphatic rings. The van der Waals surface area contributed by atoms with Crippen molar-refractivity contribution in [3.05, 3.63) is 28.4 Å². The summed E-state index contributed by atoms with van der Waals surface area (Å²) in [6.45, 7) is 5.92. The number of aromatic nitrogens is 2. The average Bonchev–Trinajstić information content (AvgIpc) is 2.82. The third-order valence-corrected chi connectivity index (χ3v) is 3.64. The summed E-state index contributed by atoms with van der Waals surface area (Å²) in [6.07, 6.45) is 2.33. The first kappa shape index (κ1) is 18.6. The fraction of sp³-hybridized carbons (Fsp3) is 0.385. The zero-order chi connectivity index (χ0) is 17.8. The van der Waals surface area contributed by atoms with Crippen LogP contribution in [0.5, 0.6) is 0 Å². The van der Waals surface area contributed by atoms with Gasteiger partial charge in [-0.25, -0.2) is 8.42 Å². The Labute approximate surface area is 132 Å². The van der Waals surface area contributed by atoms with Crippen molar-refractivity contribution in [3.8, 4) is 0 Å². The molecule has 1 heterocycles. The summed E-state index contributed by atoms with van der Waals surface area (Å²) in [5, 5.41) is 17.5. The van der Waals surface area contributed by atoms with Crippen molar-refractivity contribution in [2.45, 2.75) is 31.3 Å². The summed E-state index contributed by atoms with van der Waals surface area (Å²) in [6, 6.07) is 2.41. The van der Waals surface area contributed by atoms with Crippen LogP contribution in [0.25, 0.3) is 10.9 Å². The van der Waals surface area contributed by atoms with Crippen LogP contribution in [0.1, 0.15) is 20.8 Å². The Morgan fingerprint density at radius 3 is 2.35 bits per heavy atom. The van der Waals surface area contributed by atoms with E-state index in [1.807, 2.05) is 20.8 Å². The second-order valence-electron chi connectivity index (χ2n) is 5.63. The molecule has 0 amide bonds. The zero-order valence-electron chi connectivity index (χ0n) is 13.1. The second kappa shape index (κ2) is 6.73. The molecule has 0 saturated heterocycles. The number of nitrogens with one attached hydrogen (secondary N) is 1. The molecule has 0 atom stereocenters. The molecule has 0 unspecified atom stereocenters. The molecular formula is C13H17N3O6S. The van der Waals surface area contributed by atoms with Gasteiger partial charge in [-0.1, -0.05) is 0 Å². The number of rotatable bonds is 3. The highest BCUT2D eigenvalue weighted by molar-refractivity contribution is 7.90. The maximum absolute atomic E-state index is 11.4. The van der Waals surface area contributed by atoms with E-state index in [1.54, 1.807) is 0 Å². The molecule has 0 saturated carbocycles. The number of nitro benzene ring substituents is 1. The van der Waals surface area contributed by atoms with Gasteiger partial charge in [0.15, 0.2) is 9.84 Å². The molecule has 0 bridgehead atoms. The quantitative estimate of drug-likeness (QED) is 0.510. The summed E-state index contributed by atoms with van der Waals surface area (Å²) in [5.41, 5.74) is -0.302. The van der Waals surface area contributed by atoms with E-state index in [2.05, 4.69) is 14.9 Å². The van der Waals surface area contributed by atoms with Crippen LogP contribution in [0.3, 0.4) is 0 Å². The molecule has 0 aliphatic carbocycles. The number of sulfone groups is 1. The average molecular weight is 343 g/mol. The van der Waals surface area contributed by atoms with Gasteiger partial charge in [-0.15, -0.1) is 0 Å². The highest BCUT2D eigenvalue weighted by Crippen LogP contribution is 2.28. The van der Waals surface area contributed by atoms with E-state index in [9.17, 15) is 23.3 Å². The summed E-state index contributed by atoms with van der Waals surface area (Å²) in [4.78, 5) is 19.3. The van der Waals surface area contributed by atoms with E-state index in [-0.39, 0.29) is 10.5 Å². The third kappa shape index (κ3) is 5.33. The molecule has 1 aromatic heterocycles. The van der Waals surface area contributed by atoms with E-state index < -0.39 is 20.4 Å². The van der Waals surface area contributed by atoms with Gasteiger partial charge in [0.05, 0.1) is 16.6 Å². The lowest BCUT2D eigenvalue weighted by Crippen LogP contribution is -2.17. The molecule has 2 rings (SSSR count). The third-order valence-electron chi connectivity index (χ3n) is 2.52. The minimum absolute atomic E-state index is 0.311. The number of carbonyl (C=O) groups is 1.